The zero-order valence-electron chi connectivity index (χ0n) is 12.9. The summed E-state index contributed by atoms with van der Waals surface area (Å²) in [6, 6.07) is 24.5. The van der Waals surface area contributed by atoms with Crippen molar-refractivity contribution in [2.24, 2.45) is 0 Å². The molecule has 3 aromatic carbocycles. The number of benzene rings is 3. The fraction of sp³-hybridized carbons (Fsp3) is 0.0476. The topological polar surface area (TPSA) is 57.2 Å². The van der Waals surface area contributed by atoms with Crippen LogP contribution in [0, 0.1) is 0 Å². The largest absolute Gasteiger partial charge is 0.548 e. The van der Waals surface area contributed by atoms with E-state index < -0.39 is 11.4 Å². The maximum atomic E-state index is 12.4. The molecule has 118 valence electrons. The van der Waals surface area contributed by atoms with Gasteiger partial charge in [-0.25, -0.2) is 0 Å². The Morgan fingerprint density at radius 3 is 1.71 bits per heavy atom. The lowest BCUT2D eigenvalue weighted by Gasteiger charge is -2.37. The van der Waals surface area contributed by atoms with Crippen molar-refractivity contribution in [3.8, 4) is 0 Å². The van der Waals surface area contributed by atoms with Gasteiger partial charge in [0.15, 0.2) is 0 Å². The lowest BCUT2D eigenvalue weighted by atomic mass is 9.69. The van der Waals surface area contributed by atoms with E-state index in [4.69, 9.17) is 0 Å². The molecular weight excluding hydrogens is 300 g/mol. The highest BCUT2D eigenvalue weighted by Crippen LogP contribution is 2.39. The number of aldehydes is 1. The third-order valence-corrected chi connectivity index (χ3v) is 4.18. The van der Waals surface area contributed by atoms with Crippen molar-refractivity contribution in [3.05, 3.63) is 107 Å². The van der Waals surface area contributed by atoms with Crippen LogP contribution in [0.4, 0.5) is 0 Å². The number of aliphatic carboxylic acids is 1. The van der Waals surface area contributed by atoms with E-state index in [1.165, 1.54) is 0 Å². The van der Waals surface area contributed by atoms with Crippen molar-refractivity contribution < 1.29 is 14.7 Å². The van der Waals surface area contributed by atoms with Crippen LogP contribution in [0.5, 0.6) is 0 Å². The minimum atomic E-state index is -1.48. The van der Waals surface area contributed by atoms with Gasteiger partial charge in [0.1, 0.15) is 6.29 Å². The van der Waals surface area contributed by atoms with Gasteiger partial charge in [-0.3, -0.25) is 4.79 Å². The number of carboxylic acid groups (broad SMARTS) is 1. The molecule has 3 aromatic rings. The molecule has 3 rings (SSSR count). The van der Waals surface area contributed by atoms with Crippen molar-refractivity contribution in [2.45, 2.75) is 5.41 Å². The minimum absolute atomic E-state index is 0.421. The normalized spacial score (nSPS) is 11.0. The van der Waals surface area contributed by atoms with Crippen molar-refractivity contribution in [1.82, 2.24) is 0 Å². The number of carboxylic acids is 1. The van der Waals surface area contributed by atoms with E-state index in [9.17, 15) is 14.7 Å². The molecule has 0 atom stereocenters. The first-order chi connectivity index (χ1) is 11.7. The van der Waals surface area contributed by atoms with Crippen molar-refractivity contribution >= 4 is 12.3 Å². The molecule has 0 bridgehead atoms. The van der Waals surface area contributed by atoms with Crippen LogP contribution in [0.15, 0.2) is 84.9 Å². The van der Waals surface area contributed by atoms with Gasteiger partial charge in [-0.05, 0) is 22.8 Å². The highest BCUT2D eigenvalue weighted by Gasteiger charge is 2.38. The average Bonchev–Trinajstić information content (AvgIpc) is 2.64. The van der Waals surface area contributed by atoms with Gasteiger partial charge in [-0.1, -0.05) is 78.9 Å². The summed E-state index contributed by atoms with van der Waals surface area (Å²) in [5.74, 6) is -1.23. The summed E-state index contributed by atoms with van der Waals surface area (Å²) in [7, 11) is 0. The number of carbonyl (C=O) groups excluding carboxylic acids is 2. The van der Waals surface area contributed by atoms with E-state index in [1.54, 1.807) is 72.8 Å². The Morgan fingerprint density at radius 1 is 0.750 bits per heavy atom. The molecule has 0 saturated heterocycles. The first-order valence-electron chi connectivity index (χ1n) is 7.58. The predicted molar refractivity (Wildman–Crippen MR) is 89.6 cm³/mol. The smallest absolute Gasteiger partial charge is 0.150 e. The molecule has 0 saturated carbocycles. The van der Waals surface area contributed by atoms with Crippen LogP contribution in [-0.4, -0.2) is 12.3 Å². The first kappa shape index (κ1) is 15.7. The van der Waals surface area contributed by atoms with Crippen LogP contribution in [0.1, 0.15) is 27.0 Å². The van der Waals surface area contributed by atoms with Gasteiger partial charge in [0.2, 0.25) is 0 Å². The molecule has 0 fully saturated rings. The van der Waals surface area contributed by atoms with Crippen molar-refractivity contribution in [1.29, 1.82) is 0 Å². The Hall–Kier alpha value is -3.20. The summed E-state index contributed by atoms with van der Waals surface area (Å²) >= 11 is 0. The highest BCUT2D eigenvalue weighted by atomic mass is 16.4. The van der Waals surface area contributed by atoms with Crippen molar-refractivity contribution in [2.75, 3.05) is 0 Å². The number of rotatable bonds is 5. The number of hydrogen-bond donors (Lipinski definition) is 0. The molecule has 0 heterocycles. The van der Waals surface area contributed by atoms with Gasteiger partial charge in [0, 0.05) is 5.56 Å². The quantitative estimate of drug-likeness (QED) is 0.537. The fourth-order valence-corrected chi connectivity index (χ4v) is 3.08. The predicted octanol–water partition coefficient (Wildman–Crippen LogP) is 2.58. The molecular formula is C21H15O3-. The van der Waals surface area contributed by atoms with Gasteiger partial charge in [0.05, 0.1) is 11.4 Å². The second kappa shape index (κ2) is 6.50. The molecule has 0 aliphatic rings. The number of hydrogen-bond acceptors (Lipinski definition) is 3. The molecule has 3 nitrogen and oxygen atoms in total. The van der Waals surface area contributed by atoms with E-state index in [2.05, 4.69) is 0 Å². The zero-order chi connectivity index (χ0) is 17.0. The molecule has 0 N–H and O–H groups in total. The second-order valence-electron chi connectivity index (χ2n) is 5.51. The Kier molecular flexibility index (Phi) is 4.25. The van der Waals surface area contributed by atoms with E-state index in [-0.39, 0.29) is 0 Å². The molecule has 0 aromatic heterocycles. The lowest BCUT2D eigenvalue weighted by molar-refractivity contribution is -0.310. The molecule has 24 heavy (non-hydrogen) atoms. The summed E-state index contributed by atoms with van der Waals surface area (Å²) in [5.41, 5.74) is 0.592. The molecule has 0 spiro atoms. The molecule has 0 aliphatic heterocycles. The maximum absolute atomic E-state index is 12.4. The summed E-state index contributed by atoms with van der Waals surface area (Å²) in [6.07, 6.45) is 0.708. The van der Waals surface area contributed by atoms with Gasteiger partial charge in [-0.15, -0.1) is 0 Å². The molecule has 3 heteroatoms. The van der Waals surface area contributed by atoms with E-state index >= 15 is 0 Å². The van der Waals surface area contributed by atoms with Crippen LogP contribution in [0.25, 0.3) is 0 Å². The molecule has 0 amide bonds. The Labute approximate surface area is 140 Å². The summed E-state index contributed by atoms with van der Waals surface area (Å²) in [5, 5.41) is 12.4. The average molecular weight is 315 g/mol. The summed E-state index contributed by atoms with van der Waals surface area (Å²) < 4.78 is 0. The highest BCUT2D eigenvalue weighted by molar-refractivity contribution is 5.90. The monoisotopic (exact) mass is 315 g/mol. The second-order valence-corrected chi connectivity index (χ2v) is 5.51. The van der Waals surface area contributed by atoms with Crippen LogP contribution in [-0.2, 0) is 10.2 Å². The van der Waals surface area contributed by atoms with E-state index in [1.807, 2.05) is 12.1 Å². The Balaban J connectivity index is 2.39. The van der Waals surface area contributed by atoms with Crippen LogP contribution < -0.4 is 5.11 Å². The molecule has 0 unspecified atom stereocenters. The Bertz CT molecular complexity index is 815. The van der Waals surface area contributed by atoms with Gasteiger partial charge < -0.3 is 9.90 Å². The van der Waals surface area contributed by atoms with E-state index in [0.717, 1.165) is 0 Å². The SMILES string of the molecule is O=Cc1cccc(C(C(=O)[O-])(c2ccccc2)c2ccccc2)c1. The van der Waals surface area contributed by atoms with Gasteiger partial charge in [-0.2, -0.15) is 0 Å². The molecule has 0 aliphatic carbocycles. The van der Waals surface area contributed by atoms with E-state index in [0.29, 0.717) is 28.5 Å². The molecule has 0 radical (unpaired) electrons. The first-order valence-corrected chi connectivity index (χ1v) is 7.58. The third-order valence-electron chi connectivity index (χ3n) is 4.18. The van der Waals surface area contributed by atoms with Crippen LogP contribution in [0.3, 0.4) is 0 Å². The fourth-order valence-electron chi connectivity index (χ4n) is 3.08. The van der Waals surface area contributed by atoms with Crippen LogP contribution >= 0.6 is 0 Å². The zero-order valence-corrected chi connectivity index (χ0v) is 12.9. The maximum Gasteiger partial charge on any atom is 0.150 e. The van der Waals surface area contributed by atoms with Crippen molar-refractivity contribution in [3.63, 3.8) is 0 Å². The lowest BCUT2D eigenvalue weighted by Crippen LogP contribution is -2.47. The van der Waals surface area contributed by atoms with Gasteiger partial charge >= 0.3 is 0 Å². The standard InChI is InChI=1S/C21H16O3/c22-15-16-8-7-13-19(14-16)21(20(23)24,17-9-3-1-4-10-17)18-11-5-2-6-12-18/h1-15H,(H,23,24)/p-1. The van der Waals surface area contributed by atoms with Crippen LogP contribution in [0.2, 0.25) is 0 Å². The Morgan fingerprint density at radius 2 is 1.25 bits per heavy atom. The summed E-state index contributed by atoms with van der Waals surface area (Å²) in [4.78, 5) is 23.6. The number of carbonyl (C=O) groups is 2. The van der Waals surface area contributed by atoms with Gasteiger partial charge in [0.25, 0.3) is 0 Å². The third kappa shape index (κ3) is 2.50. The minimum Gasteiger partial charge on any atom is -0.548 e. The summed E-state index contributed by atoms with van der Waals surface area (Å²) in [6.45, 7) is 0.